The zero-order chi connectivity index (χ0) is 14.0. The summed E-state index contributed by atoms with van der Waals surface area (Å²) in [6.45, 7) is 6.72. The number of aryl methyl sites for hydroxylation is 2. The van der Waals surface area contributed by atoms with Crippen molar-refractivity contribution in [2.75, 3.05) is 11.1 Å². The van der Waals surface area contributed by atoms with Crippen molar-refractivity contribution in [1.82, 2.24) is 4.57 Å². The summed E-state index contributed by atoms with van der Waals surface area (Å²) in [6.07, 6.45) is 1.78. The third kappa shape index (κ3) is 2.62. The number of nitrogen functional groups attached to an aromatic ring is 1. The first-order chi connectivity index (χ1) is 9.02. The van der Waals surface area contributed by atoms with Gasteiger partial charge in [-0.1, -0.05) is 12.1 Å². The summed E-state index contributed by atoms with van der Waals surface area (Å²) in [5.41, 5.74) is 10.0. The molecule has 1 amide bonds. The van der Waals surface area contributed by atoms with Crippen LogP contribution < -0.4 is 11.1 Å². The molecule has 1 heterocycles. The fraction of sp³-hybridized carbons (Fsp3) is 0.267. The molecule has 4 heteroatoms. The van der Waals surface area contributed by atoms with Gasteiger partial charge in [-0.2, -0.15) is 0 Å². The van der Waals surface area contributed by atoms with Crippen LogP contribution in [0.15, 0.2) is 30.5 Å². The Morgan fingerprint density at radius 3 is 2.79 bits per heavy atom. The van der Waals surface area contributed by atoms with E-state index >= 15 is 0 Å². The van der Waals surface area contributed by atoms with Crippen molar-refractivity contribution in [3.63, 3.8) is 0 Å². The normalized spacial score (nSPS) is 10.5. The van der Waals surface area contributed by atoms with Crippen molar-refractivity contribution in [2.45, 2.75) is 27.3 Å². The average molecular weight is 257 g/mol. The predicted molar refractivity (Wildman–Crippen MR) is 78.4 cm³/mol. The third-order valence-electron chi connectivity index (χ3n) is 3.34. The summed E-state index contributed by atoms with van der Waals surface area (Å²) in [6, 6.07) is 7.57. The highest BCUT2D eigenvalue weighted by Crippen LogP contribution is 2.19. The van der Waals surface area contributed by atoms with Gasteiger partial charge in [-0.05, 0) is 44.0 Å². The number of benzene rings is 1. The van der Waals surface area contributed by atoms with E-state index in [1.807, 2.05) is 43.5 Å². The van der Waals surface area contributed by atoms with E-state index in [2.05, 4.69) is 5.32 Å². The predicted octanol–water partition coefficient (Wildman–Crippen LogP) is 2.96. The van der Waals surface area contributed by atoms with Crippen LogP contribution in [0.4, 0.5) is 11.4 Å². The Bertz CT molecular complexity index is 614. The molecule has 0 fully saturated rings. The van der Waals surface area contributed by atoms with Gasteiger partial charge in [0.05, 0.1) is 5.69 Å². The molecule has 0 radical (unpaired) electrons. The van der Waals surface area contributed by atoms with Crippen molar-refractivity contribution in [3.05, 3.63) is 47.3 Å². The van der Waals surface area contributed by atoms with E-state index in [4.69, 9.17) is 5.73 Å². The molecular formula is C15H19N3O. The lowest BCUT2D eigenvalue weighted by Gasteiger charge is -2.11. The first-order valence-electron chi connectivity index (χ1n) is 6.36. The SMILES string of the molecule is CCn1cc(N)cc1C(=O)Nc1cccc(C)c1C. The molecule has 2 rings (SSSR count). The van der Waals surface area contributed by atoms with Crippen LogP contribution >= 0.6 is 0 Å². The van der Waals surface area contributed by atoms with Gasteiger partial charge in [-0.3, -0.25) is 4.79 Å². The van der Waals surface area contributed by atoms with E-state index in [0.717, 1.165) is 16.8 Å². The van der Waals surface area contributed by atoms with Crippen molar-refractivity contribution in [1.29, 1.82) is 0 Å². The quantitative estimate of drug-likeness (QED) is 0.888. The summed E-state index contributed by atoms with van der Waals surface area (Å²) in [5.74, 6) is -0.132. The lowest BCUT2D eigenvalue weighted by atomic mass is 10.1. The molecule has 0 aliphatic heterocycles. The van der Waals surface area contributed by atoms with E-state index in [9.17, 15) is 4.79 Å². The molecule has 19 heavy (non-hydrogen) atoms. The molecule has 0 spiro atoms. The molecule has 0 aliphatic rings. The van der Waals surface area contributed by atoms with Gasteiger partial charge in [0.25, 0.3) is 5.91 Å². The number of carbonyl (C=O) groups excluding carboxylic acids is 1. The number of rotatable bonds is 3. The van der Waals surface area contributed by atoms with E-state index in [-0.39, 0.29) is 5.91 Å². The molecule has 0 saturated carbocycles. The molecule has 100 valence electrons. The van der Waals surface area contributed by atoms with Crippen LogP contribution in [0.2, 0.25) is 0 Å². The minimum Gasteiger partial charge on any atom is -0.397 e. The maximum Gasteiger partial charge on any atom is 0.272 e. The molecule has 0 unspecified atom stereocenters. The zero-order valence-corrected chi connectivity index (χ0v) is 11.5. The van der Waals surface area contributed by atoms with Crippen molar-refractivity contribution in [2.24, 2.45) is 0 Å². The molecule has 0 saturated heterocycles. The summed E-state index contributed by atoms with van der Waals surface area (Å²) in [5, 5.41) is 2.94. The number of aromatic nitrogens is 1. The number of hydrogen-bond acceptors (Lipinski definition) is 2. The first-order valence-corrected chi connectivity index (χ1v) is 6.36. The van der Waals surface area contributed by atoms with Crippen molar-refractivity contribution in [3.8, 4) is 0 Å². The monoisotopic (exact) mass is 257 g/mol. The largest absolute Gasteiger partial charge is 0.397 e. The summed E-state index contributed by atoms with van der Waals surface area (Å²) < 4.78 is 1.84. The minimum absolute atomic E-state index is 0.132. The summed E-state index contributed by atoms with van der Waals surface area (Å²) in [4.78, 5) is 12.3. The molecule has 2 aromatic rings. The van der Waals surface area contributed by atoms with Crippen molar-refractivity contribution >= 4 is 17.3 Å². The molecule has 3 N–H and O–H groups in total. The van der Waals surface area contributed by atoms with Crippen LogP contribution in [0.1, 0.15) is 28.5 Å². The number of hydrogen-bond donors (Lipinski definition) is 2. The Morgan fingerprint density at radius 2 is 2.11 bits per heavy atom. The first kappa shape index (κ1) is 13.2. The van der Waals surface area contributed by atoms with Gasteiger partial charge in [-0.25, -0.2) is 0 Å². The van der Waals surface area contributed by atoms with E-state index in [0.29, 0.717) is 17.9 Å². The second-order valence-corrected chi connectivity index (χ2v) is 4.65. The van der Waals surface area contributed by atoms with Gasteiger partial charge in [0.1, 0.15) is 5.69 Å². The van der Waals surface area contributed by atoms with Crippen molar-refractivity contribution < 1.29 is 4.79 Å². The van der Waals surface area contributed by atoms with Crippen LogP contribution in [0, 0.1) is 13.8 Å². The molecule has 1 aromatic heterocycles. The molecule has 1 aromatic carbocycles. The van der Waals surface area contributed by atoms with E-state index in [1.54, 1.807) is 12.3 Å². The van der Waals surface area contributed by atoms with Gasteiger partial charge in [0.15, 0.2) is 0 Å². The molecule has 4 nitrogen and oxygen atoms in total. The lowest BCUT2D eigenvalue weighted by Crippen LogP contribution is -2.17. The van der Waals surface area contributed by atoms with Crippen LogP contribution in [0.5, 0.6) is 0 Å². The third-order valence-corrected chi connectivity index (χ3v) is 3.34. The number of nitrogens with zero attached hydrogens (tertiary/aromatic N) is 1. The Kier molecular flexibility index (Phi) is 3.60. The second-order valence-electron chi connectivity index (χ2n) is 4.65. The second kappa shape index (κ2) is 5.18. The Hall–Kier alpha value is -2.23. The smallest absolute Gasteiger partial charge is 0.272 e. The number of carbonyl (C=O) groups is 1. The minimum atomic E-state index is -0.132. The Labute approximate surface area is 113 Å². The fourth-order valence-corrected chi connectivity index (χ4v) is 2.06. The molecule has 0 bridgehead atoms. The van der Waals surface area contributed by atoms with Gasteiger partial charge in [0, 0.05) is 18.4 Å². The molecule has 0 atom stereocenters. The highest BCUT2D eigenvalue weighted by atomic mass is 16.1. The Balaban J connectivity index is 2.28. The Morgan fingerprint density at radius 1 is 1.37 bits per heavy atom. The van der Waals surface area contributed by atoms with Crippen LogP contribution in [0.25, 0.3) is 0 Å². The van der Waals surface area contributed by atoms with Gasteiger partial charge >= 0.3 is 0 Å². The van der Waals surface area contributed by atoms with E-state index in [1.165, 1.54) is 0 Å². The van der Waals surface area contributed by atoms with Crippen LogP contribution in [0.3, 0.4) is 0 Å². The number of nitrogens with one attached hydrogen (secondary N) is 1. The highest BCUT2D eigenvalue weighted by molar-refractivity contribution is 6.04. The highest BCUT2D eigenvalue weighted by Gasteiger charge is 2.13. The lowest BCUT2D eigenvalue weighted by molar-refractivity contribution is 0.101. The van der Waals surface area contributed by atoms with Gasteiger partial charge in [0.2, 0.25) is 0 Å². The van der Waals surface area contributed by atoms with Gasteiger partial charge in [-0.15, -0.1) is 0 Å². The standard InChI is InChI=1S/C15H19N3O/c1-4-18-9-12(16)8-14(18)15(19)17-13-7-5-6-10(2)11(13)3/h5-9H,4,16H2,1-3H3,(H,17,19). The topological polar surface area (TPSA) is 60.0 Å². The maximum absolute atomic E-state index is 12.3. The average Bonchev–Trinajstić information content (AvgIpc) is 2.76. The number of anilines is 2. The zero-order valence-electron chi connectivity index (χ0n) is 11.5. The molecular weight excluding hydrogens is 238 g/mol. The fourth-order valence-electron chi connectivity index (χ4n) is 2.06. The van der Waals surface area contributed by atoms with Crippen LogP contribution in [-0.2, 0) is 6.54 Å². The number of amides is 1. The maximum atomic E-state index is 12.3. The van der Waals surface area contributed by atoms with E-state index < -0.39 is 0 Å². The van der Waals surface area contributed by atoms with Gasteiger partial charge < -0.3 is 15.6 Å². The number of nitrogens with two attached hydrogens (primary N) is 1. The van der Waals surface area contributed by atoms with Crippen LogP contribution in [-0.4, -0.2) is 10.5 Å². The summed E-state index contributed by atoms with van der Waals surface area (Å²) in [7, 11) is 0. The molecule has 0 aliphatic carbocycles. The summed E-state index contributed by atoms with van der Waals surface area (Å²) >= 11 is 0.